The second-order valence-corrected chi connectivity index (χ2v) is 6.29. The molecule has 0 radical (unpaired) electrons. The van der Waals surface area contributed by atoms with Gasteiger partial charge in [-0.25, -0.2) is 0 Å². The molecule has 0 unspecified atom stereocenters. The van der Waals surface area contributed by atoms with Crippen LogP contribution in [0.25, 0.3) is 6.08 Å². The van der Waals surface area contributed by atoms with E-state index in [9.17, 15) is 9.59 Å². The zero-order valence-electron chi connectivity index (χ0n) is 13.4. The molecule has 2 fully saturated rings. The van der Waals surface area contributed by atoms with Crippen molar-refractivity contribution in [1.82, 2.24) is 9.80 Å². The Bertz CT molecular complexity index is 604. The molecule has 1 aromatic rings. The fraction of sp³-hybridized carbons (Fsp3) is 0.444. The predicted octanol–water partition coefficient (Wildman–Crippen LogP) is 1.55. The first kappa shape index (κ1) is 15.7. The number of amides is 2. The molecule has 0 bridgehead atoms. The monoisotopic (exact) mass is 314 g/mol. The summed E-state index contributed by atoms with van der Waals surface area (Å²) in [4.78, 5) is 27.4. The lowest BCUT2D eigenvalue weighted by Gasteiger charge is -2.46. The van der Waals surface area contributed by atoms with Gasteiger partial charge in [-0.1, -0.05) is 30.3 Å². The van der Waals surface area contributed by atoms with Crippen LogP contribution in [0.1, 0.15) is 18.4 Å². The molecule has 5 heteroatoms. The van der Waals surface area contributed by atoms with Crippen LogP contribution >= 0.6 is 0 Å². The molecule has 0 atom stereocenters. The quantitative estimate of drug-likeness (QED) is 0.778. The Labute approximate surface area is 136 Å². The normalized spacial score (nSPS) is 21.2. The van der Waals surface area contributed by atoms with E-state index in [0.29, 0.717) is 19.6 Å². The van der Waals surface area contributed by atoms with Crippen LogP contribution in [0.15, 0.2) is 36.4 Å². The zero-order valence-corrected chi connectivity index (χ0v) is 13.4. The van der Waals surface area contributed by atoms with E-state index in [1.807, 2.05) is 48.4 Å². The van der Waals surface area contributed by atoms with Crippen LogP contribution in [0, 0.1) is 0 Å². The van der Waals surface area contributed by atoms with E-state index in [2.05, 4.69) is 0 Å². The number of morpholine rings is 1. The average molecular weight is 314 g/mol. The maximum Gasteiger partial charge on any atom is 0.248 e. The zero-order chi connectivity index (χ0) is 16.3. The lowest BCUT2D eigenvalue weighted by Crippen LogP contribution is -2.58. The number of likely N-dealkylation sites (N-methyl/N-ethyl adjacent to an activating group) is 1. The molecule has 1 aromatic carbocycles. The van der Waals surface area contributed by atoms with Gasteiger partial charge in [-0.2, -0.15) is 0 Å². The molecule has 2 heterocycles. The van der Waals surface area contributed by atoms with Gasteiger partial charge in [-0.05, 0) is 24.5 Å². The van der Waals surface area contributed by atoms with Crippen molar-refractivity contribution in [2.75, 3.05) is 33.3 Å². The summed E-state index contributed by atoms with van der Waals surface area (Å²) < 4.78 is 5.80. The molecule has 1 spiro atoms. The highest BCUT2D eigenvalue weighted by atomic mass is 16.5. The van der Waals surface area contributed by atoms with Crippen LogP contribution in [-0.2, 0) is 14.3 Å². The Morgan fingerprint density at radius 2 is 1.91 bits per heavy atom. The van der Waals surface area contributed by atoms with Gasteiger partial charge in [0.05, 0.1) is 5.60 Å². The second kappa shape index (κ2) is 6.54. The van der Waals surface area contributed by atoms with Crippen molar-refractivity contribution in [3.05, 3.63) is 42.0 Å². The molecule has 0 aliphatic carbocycles. The van der Waals surface area contributed by atoms with Crippen molar-refractivity contribution in [1.29, 1.82) is 0 Å². The fourth-order valence-electron chi connectivity index (χ4n) is 3.17. The van der Waals surface area contributed by atoms with Gasteiger partial charge in [-0.3, -0.25) is 9.59 Å². The van der Waals surface area contributed by atoms with Crippen molar-refractivity contribution in [3.8, 4) is 0 Å². The number of carbonyl (C=O) groups is 2. The summed E-state index contributed by atoms with van der Waals surface area (Å²) in [5.41, 5.74) is 0.743. The van der Waals surface area contributed by atoms with E-state index < -0.39 is 0 Å². The summed E-state index contributed by atoms with van der Waals surface area (Å²) in [5, 5.41) is 0. The topological polar surface area (TPSA) is 49.9 Å². The highest BCUT2D eigenvalue weighted by Gasteiger charge is 2.41. The Morgan fingerprint density at radius 1 is 1.22 bits per heavy atom. The third-order valence-corrected chi connectivity index (χ3v) is 4.66. The molecular formula is C18H22N2O3. The van der Waals surface area contributed by atoms with E-state index >= 15 is 0 Å². The molecule has 3 rings (SSSR count). The summed E-state index contributed by atoms with van der Waals surface area (Å²) in [5.74, 6) is 0.0591. The van der Waals surface area contributed by atoms with E-state index in [0.717, 1.165) is 18.4 Å². The number of piperidine rings is 1. The number of hydrogen-bond acceptors (Lipinski definition) is 3. The molecule has 23 heavy (non-hydrogen) atoms. The smallest absolute Gasteiger partial charge is 0.248 e. The molecule has 122 valence electrons. The number of rotatable bonds is 2. The first-order valence-corrected chi connectivity index (χ1v) is 7.98. The lowest BCUT2D eigenvalue weighted by molar-refractivity contribution is -0.170. The maximum absolute atomic E-state index is 12.3. The molecule has 2 saturated heterocycles. The van der Waals surface area contributed by atoms with Gasteiger partial charge in [0.1, 0.15) is 6.61 Å². The van der Waals surface area contributed by atoms with Crippen molar-refractivity contribution in [2.45, 2.75) is 18.4 Å². The first-order valence-electron chi connectivity index (χ1n) is 7.98. The number of carbonyl (C=O) groups excluding carboxylic acids is 2. The van der Waals surface area contributed by atoms with Gasteiger partial charge in [0.25, 0.3) is 0 Å². The third kappa shape index (κ3) is 3.62. The molecule has 0 aromatic heterocycles. The van der Waals surface area contributed by atoms with Crippen LogP contribution in [-0.4, -0.2) is 60.5 Å². The minimum atomic E-state index is -0.275. The van der Waals surface area contributed by atoms with E-state index in [-0.39, 0.29) is 24.0 Å². The third-order valence-electron chi connectivity index (χ3n) is 4.66. The summed E-state index contributed by atoms with van der Waals surface area (Å²) >= 11 is 0. The number of nitrogens with zero attached hydrogens (tertiary/aromatic N) is 2. The second-order valence-electron chi connectivity index (χ2n) is 6.29. The Kier molecular flexibility index (Phi) is 4.48. The van der Waals surface area contributed by atoms with E-state index in [1.165, 1.54) is 0 Å². The average Bonchev–Trinajstić information content (AvgIpc) is 2.58. The van der Waals surface area contributed by atoms with Gasteiger partial charge in [-0.15, -0.1) is 0 Å². The Balaban J connectivity index is 1.55. The molecular weight excluding hydrogens is 292 g/mol. The van der Waals surface area contributed by atoms with Crippen LogP contribution < -0.4 is 0 Å². The van der Waals surface area contributed by atoms with Gasteiger partial charge in [0.2, 0.25) is 11.8 Å². The Morgan fingerprint density at radius 3 is 2.57 bits per heavy atom. The van der Waals surface area contributed by atoms with Crippen molar-refractivity contribution < 1.29 is 14.3 Å². The van der Waals surface area contributed by atoms with Gasteiger partial charge in [0.15, 0.2) is 0 Å². The summed E-state index contributed by atoms with van der Waals surface area (Å²) in [6.07, 6.45) is 5.02. The highest BCUT2D eigenvalue weighted by Crippen LogP contribution is 2.30. The summed E-state index contributed by atoms with van der Waals surface area (Å²) in [6, 6.07) is 9.80. The lowest BCUT2D eigenvalue weighted by atomic mass is 9.89. The van der Waals surface area contributed by atoms with Crippen molar-refractivity contribution in [3.63, 3.8) is 0 Å². The fourth-order valence-corrected chi connectivity index (χ4v) is 3.17. The first-order chi connectivity index (χ1) is 11.1. The maximum atomic E-state index is 12.3. The summed E-state index contributed by atoms with van der Waals surface area (Å²) in [7, 11) is 1.81. The van der Waals surface area contributed by atoms with Crippen LogP contribution in [0.3, 0.4) is 0 Å². The predicted molar refractivity (Wildman–Crippen MR) is 87.6 cm³/mol. The number of ether oxygens (including phenoxy) is 1. The molecule has 2 aliphatic rings. The minimum Gasteiger partial charge on any atom is -0.363 e. The molecule has 0 N–H and O–H groups in total. The van der Waals surface area contributed by atoms with Crippen molar-refractivity contribution >= 4 is 17.9 Å². The number of hydrogen-bond donors (Lipinski definition) is 0. The summed E-state index contributed by atoms with van der Waals surface area (Å²) in [6.45, 7) is 2.10. The van der Waals surface area contributed by atoms with E-state index in [1.54, 1.807) is 11.0 Å². The Hall–Kier alpha value is -2.14. The minimum absolute atomic E-state index is 0.0277. The van der Waals surface area contributed by atoms with Crippen LogP contribution in [0.4, 0.5) is 0 Å². The van der Waals surface area contributed by atoms with Crippen LogP contribution in [0.2, 0.25) is 0 Å². The van der Waals surface area contributed by atoms with Crippen molar-refractivity contribution in [2.24, 2.45) is 0 Å². The molecule has 2 aliphatic heterocycles. The highest BCUT2D eigenvalue weighted by molar-refractivity contribution is 5.91. The van der Waals surface area contributed by atoms with Gasteiger partial charge >= 0.3 is 0 Å². The standard InChI is InChI=1S/C18H22N2O3/c1-19-14-18(23-13-17(19)22)9-11-20(12-10-18)16(21)8-7-15-5-3-2-4-6-15/h2-8H,9-14H2,1H3. The molecule has 5 nitrogen and oxygen atoms in total. The van der Waals surface area contributed by atoms with Gasteiger partial charge < -0.3 is 14.5 Å². The molecule has 0 saturated carbocycles. The SMILES string of the molecule is CN1CC2(CCN(C(=O)C=Cc3ccccc3)CC2)OCC1=O. The number of likely N-dealkylation sites (tertiary alicyclic amines) is 1. The number of benzene rings is 1. The van der Waals surface area contributed by atoms with Crippen LogP contribution in [0.5, 0.6) is 0 Å². The van der Waals surface area contributed by atoms with E-state index in [4.69, 9.17) is 4.74 Å². The van der Waals surface area contributed by atoms with Gasteiger partial charge in [0, 0.05) is 32.8 Å². The largest absolute Gasteiger partial charge is 0.363 e. The molecule has 2 amide bonds.